The number of carbonyl (C=O) groups is 2. The largest absolute Gasteiger partial charge is 0.453 e. The highest BCUT2D eigenvalue weighted by Gasteiger charge is 2.18. The normalized spacial score (nSPS) is 10.5. The maximum Gasteiger partial charge on any atom is 0.348 e. The average Bonchev–Trinajstić information content (AvgIpc) is 2.93. The Kier molecular flexibility index (Phi) is 5.46. The van der Waals surface area contributed by atoms with E-state index >= 15 is 0 Å². The molecule has 0 saturated carbocycles. The third-order valence-corrected chi connectivity index (χ3v) is 4.74. The number of hydrogen-bond acceptors (Lipinski definition) is 6. The van der Waals surface area contributed by atoms with Crippen molar-refractivity contribution < 1.29 is 19.2 Å². The number of hydrogen-bond donors (Lipinski definition) is 0. The number of nitrogens with zero attached hydrogens (tertiary/aromatic N) is 1. The number of Topliss-reactive ketones (excluding diaryl/α,β-unsaturated/α-hetero) is 1. The van der Waals surface area contributed by atoms with Gasteiger partial charge < -0.3 is 4.74 Å². The third-order valence-electron chi connectivity index (χ3n) is 3.66. The second-order valence-corrected chi connectivity index (χ2v) is 6.56. The lowest BCUT2D eigenvalue weighted by molar-refractivity contribution is -0.385. The lowest BCUT2D eigenvalue weighted by atomic mass is 10.1. The molecule has 0 atom stereocenters. The van der Waals surface area contributed by atoms with Crippen molar-refractivity contribution in [3.05, 3.63) is 60.8 Å². The van der Waals surface area contributed by atoms with E-state index in [0.717, 1.165) is 16.9 Å². The predicted octanol–water partition coefficient (Wildman–Crippen LogP) is 3.88. The maximum atomic E-state index is 12.1. The van der Waals surface area contributed by atoms with Crippen LogP contribution in [0.2, 0.25) is 0 Å². The average molecular weight is 347 g/mol. The molecule has 0 N–H and O–H groups in total. The molecule has 7 heteroatoms. The molecule has 0 radical (unpaired) electrons. The summed E-state index contributed by atoms with van der Waals surface area (Å²) < 4.78 is 5.04. The molecule has 1 aromatic heterocycles. The van der Waals surface area contributed by atoms with E-state index in [1.165, 1.54) is 29.5 Å². The molecule has 0 unspecified atom stereocenters. The summed E-state index contributed by atoms with van der Waals surface area (Å²) >= 11 is 1.33. The minimum atomic E-state index is -0.558. The van der Waals surface area contributed by atoms with Gasteiger partial charge in [0.15, 0.2) is 6.61 Å². The molecule has 0 saturated heterocycles. The molecule has 0 amide bonds. The van der Waals surface area contributed by atoms with Gasteiger partial charge in [-0.05, 0) is 31.9 Å². The quantitative estimate of drug-likeness (QED) is 0.342. The molecule has 0 bridgehead atoms. The summed E-state index contributed by atoms with van der Waals surface area (Å²) in [6.07, 6.45) is 0.821. The fraction of sp³-hybridized carbons (Fsp3) is 0.294. The Labute approximate surface area is 143 Å². The van der Waals surface area contributed by atoms with Gasteiger partial charge in [0.25, 0.3) is 5.69 Å². The predicted molar refractivity (Wildman–Crippen MR) is 90.9 cm³/mol. The first-order chi connectivity index (χ1) is 11.3. The second-order valence-electron chi connectivity index (χ2n) is 5.30. The van der Waals surface area contributed by atoms with Gasteiger partial charge in [0, 0.05) is 22.1 Å². The Bertz CT molecular complexity index is 809. The highest BCUT2D eigenvalue weighted by molar-refractivity contribution is 7.14. The van der Waals surface area contributed by atoms with Crippen LogP contribution in [0.3, 0.4) is 0 Å². The first kappa shape index (κ1) is 17.8. The van der Waals surface area contributed by atoms with Gasteiger partial charge in [-0.15, -0.1) is 11.3 Å². The van der Waals surface area contributed by atoms with Crippen LogP contribution >= 0.6 is 11.3 Å². The van der Waals surface area contributed by atoms with Crippen LogP contribution in [0.4, 0.5) is 5.69 Å². The smallest absolute Gasteiger partial charge is 0.348 e. The lowest BCUT2D eigenvalue weighted by Gasteiger charge is -2.04. The highest BCUT2D eigenvalue weighted by atomic mass is 32.1. The second kappa shape index (κ2) is 7.35. The number of esters is 1. The van der Waals surface area contributed by atoms with E-state index in [2.05, 4.69) is 0 Å². The molecule has 1 heterocycles. The third kappa shape index (κ3) is 3.86. The zero-order chi connectivity index (χ0) is 17.9. The number of nitro benzene ring substituents is 1. The molecule has 24 heavy (non-hydrogen) atoms. The fourth-order valence-corrected chi connectivity index (χ4v) is 3.24. The number of benzene rings is 1. The molecule has 2 rings (SSSR count). The maximum absolute atomic E-state index is 12.1. The fourth-order valence-electron chi connectivity index (χ4n) is 2.24. The molecule has 0 fully saturated rings. The van der Waals surface area contributed by atoms with E-state index in [1.54, 1.807) is 13.0 Å². The van der Waals surface area contributed by atoms with Crippen molar-refractivity contribution in [1.82, 2.24) is 0 Å². The van der Waals surface area contributed by atoms with E-state index in [4.69, 9.17) is 4.74 Å². The summed E-state index contributed by atoms with van der Waals surface area (Å²) in [5.41, 5.74) is 1.56. The van der Waals surface area contributed by atoms with Gasteiger partial charge in [0.2, 0.25) is 5.78 Å². The van der Waals surface area contributed by atoms with E-state index in [9.17, 15) is 19.7 Å². The number of ketones is 1. The van der Waals surface area contributed by atoms with Crippen LogP contribution in [0.1, 0.15) is 43.0 Å². The first-order valence-corrected chi connectivity index (χ1v) is 8.19. The van der Waals surface area contributed by atoms with Crippen molar-refractivity contribution >= 4 is 28.8 Å². The SMILES string of the molecule is CCc1cc(C(=O)OCC(=O)c2ccc(C)c([N+](=O)[O-])c2)sc1C. The standard InChI is InChI=1S/C17H17NO5S/c1-4-12-8-16(24-11(12)3)17(20)23-9-15(19)13-6-5-10(2)14(7-13)18(21)22/h5-8H,4,9H2,1-3H3. The van der Waals surface area contributed by atoms with Gasteiger partial charge in [0.1, 0.15) is 4.88 Å². The van der Waals surface area contributed by atoms with Gasteiger partial charge >= 0.3 is 5.97 Å². The topological polar surface area (TPSA) is 86.5 Å². The summed E-state index contributed by atoms with van der Waals surface area (Å²) in [6, 6.07) is 5.96. The Balaban J connectivity index is 2.06. The van der Waals surface area contributed by atoms with Crippen LogP contribution < -0.4 is 0 Å². The Morgan fingerprint density at radius 1 is 1.25 bits per heavy atom. The van der Waals surface area contributed by atoms with Gasteiger partial charge in [-0.1, -0.05) is 19.1 Å². The van der Waals surface area contributed by atoms with E-state index in [0.29, 0.717) is 10.4 Å². The van der Waals surface area contributed by atoms with Crippen molar-refractivity contribution in [3.63, 3.8) is 0 Å². The molecule has 126 valence electrons. The first-order valence-electron chi connectivity index (χ1n) is 7.38. The van der Waals surface area contributed by atoms with Crippen LogP contribution in [-0.4, -0.2) is 23.3 Å². The minimum absolute atomic E-state index is 0.131. The van der Waals surface area contributed by atoms with Crippen LogP contribution in [0, 0.1) is 24.0 Å². The van der Waals surface area contributed by atoms with Crippen molar-refractivity contribution in [2.75, 3.05) is 6.61 Å². The van der Waals surface area contributed by atoms with Crippen LogP contribution in [0.5, 0.6) is 0 Å². The van der Waals surface area contributed by atoms with Gasteiger partial charge in [0.05, 0.1) is 4.92 Å². The van der Waals surface area contributed by atoms with E-state index < -0.39 is 23.3 Å². The monoisotopic (exact) mass is 347 g/mol. The van der Waals surface area contributed by atoms with Gasteiger partial charge in [-0.25, -0.2) is 4.79 Å². The molecule has 0 aliphatic carbocycles. The van der Waals surface area contributed by atoms with Gasteiger partial charge in [-0.3, -0.25) is 14.9 Å². The number of rotatable bonds is 6. The number of thiophene rings is 1. The summed E-state index contributed by atoms with van der Waals surface area (Å²) in [5, 5.41) is 10.9. The summed E-state index contributed by atoms with van der Waals surface area (Å²) in [7, 11) is 0. The summed E-state index contributed by atoms with van der Waals surface area (Å²) in [4.78, 5) is 36.0. The molecule has 0 spiro atoms. The summed E-state index contributed by atoms with van der Waals surface area (Å²) in [5.74, 6) is -1.03. The minimum Gasteiger partial charge on any atom is -0.453 e. The van der Waals surface area contributed by atoms with Crippen LogP contribution in [0.25, 0.3) is 0 Å². The lowest BCUT2D eigenvalue weighted by Crippen LogP contribution is -2.14. The Morgan fingerprint density at radius 2 is 1.96 bits per heavy atom. The highest BCUT2D eigenvalue weighted by Crippen LogP contribution is 2.23. The Hall–Kier alpha value is -2.54. The zero-order valence-corrected chi connectivity index (χ0v) is 14.4. The van der Waals surface area contributed by atoms with Crippen LogP contribution in [0.15, 0.2) is 24.3 Å². The number of carbonyl (C=O) groups excluding carboxylic acids is 2. The van der Waals surface area contributed by atoms with Gasteiger partial charge in [-0.2, -0.15) is 0 Å². The van der Waals surface area contributed by atoms with Crippen LogP contribution in [-0.2, 0) is 11.2 Å². The number of nitro groups is 1. The van der Waals surface area contributed by atoms with Crippen molar-refractivity contribution in [2.45, 2.75) is 27.2 Å². The summed E-state index contributed by atoms with van der Waals surface area (Å²) in [6.45, 7) is 5.07. The zero-order valence-electron chi connectivity index (χ0n) is 13.6. The van der Waals surface area contributed by atoms with Crippen molar-refractivity contribution in [2.24, 2.45) is 0 Å². The molecule has 2 aromatic rings. The van der Waals surface area contributed by atoms with Crippen molar-refractivity contribution in [3.8, 4) is 0 Å². The molecular formula is C17H17NO5S. The molecule has 0 aliphatic heterocycles. The molecule has 0 aliphatic rings. The number of ether oxygens (including phenoxy) is 1. The Morgan fingerprint density at radius 3 is 2.54 bits per heavy atom. The molecule has 1 aromatic carbocycles. The molecule has 6 nitrogen and oxygen atoms in total. The van der Waals surface area contributed by atoms with E-state index in [1.807, 2.05) is 13.8 Å². The molecular weight excluding hydrogens is 330 g/mol. The van der Waals surface area contributed by atoms with Crippen molar-refractivity contribution in [1.29, 1.82) is 0 Å². The number of aryl methyl sites for hydroxylation is 3. The van der Waals surface area contributed by atoms with E-state index in [-0.39, 0.29) is 11.3 Å².